The van der Waals surface area contributed by atoms with Crippen LogP contribution in [-0.4, -0.2) is 10.9 Å². The lowest BCUT2D eigenvalue weighted by Crippen LogP contribution is -2.33. The summed E-state index contributed by atoms with van der Waals surface area (Å²) >= 11 is 0. The van der Waals surface area contributed by atoms with E-state index in [4.69, 9.17) is 4.52 Å². The van der Waals surface area contributed by atoms with E-state index in [0.717, 1.165) is 34.5 Å². The molecular formula is C19H20N2O2. The van der Waals surface area contributed by atoms with Crippen LogP contribution in [0.25, 0.3) is 0 Å². The van der Waals surface area contributed by atoms with Crippen molar-refractivity contribution in [2.24, 2.45) is 5.41 Å². The largest absolute Gasteiger partial charge is 0.338 e. The van der Waals surface area contributed by atoms with E-state index in [1.54, 1.807) is 0 Å². The summed E-state index contributed by atoms with van der Waals surface area (Å²) in [6, 6.07) is 10.2. The van der Waals surface area contributed by atoms with Gasteiger partial charge in [-0.15, -0.1) is 0 Å². The van der Waals surface area contributed by atoms with Gasteiger partial charge in [-0.3, -0.25) is 4.79 Å². The molecule has 4 nitrogen and oxygen atoms in total. The molecule has 2 heterocycles. The van der Waals surface area contributed by atoms with Crippen molar-refractivity contribution in [1.82, 2.24) is 5.16 Å². The zero-order valence-corrected chi connectivity index (χ0v) is 13.6. The van der Waals surface area contributed by atoms with Crippen LogP contribution >= 0.6 is 0 Å². The number of rotatable bonds is 1. The molecular weight excluding hydrogens is 288 g/mol. The van der Waals surface area contributed by atoms with Gasteiger partial charge in [0.2, 0.25) is 5.88 Å². The van der Waals surface area contributed by atoms with Crippen LogP contribution < -0.4 is 5.32 Å². The minimum Gasteiger partial charge on any atom is -0.338 e. The van der Waals surface area contributed by atoms with E-state index >= 15 is 0 Å². The number of nitrogens with zero attached hydrogens (tertiary/aromatic N) is 1. The fraction of sp³-hybridized carbons (Fsp3) is 0.368. The molecule has 1 aliphatic carbocycles. The van der Waals surface area contributed by atoms with E-state index in [0.29, 0.717) is 12.3 Å². The number of hydrogen-bond acceptors (Lipinski definition) is 4. The zero-order valence-electron chi connectivity index (χ0n) is 13.6. The molecule has 2 aromatic rings. The molecule has 0 radical (unpaired) electrons. The number of aromatic nitrogens is 1. The van der Waals surface area contributed by atoms with E-state index in [9.17, 15) is 4.79 Å². The van der Waals surface area contributed by atoms with E-state index in [1.165, 1.54) is 0 Å². The third-order valence-electron chi connectivity index (χ3n) is 4.80. The van der Waals surface area contributed by atoms with Crippen LogP contribution in [0.3, 0.4) is 0 Å². The number of allylic oxidation sites excluding steroid dienone is 2. The van der Waals surface area contributed by atoms with E-state index in [-0.39, 0.29) is 17.1 Å². The molecule has 1 aromatic carbocycles. The first-order valence-corrected chi connectivity index (χ1v) is 8.01. The molecule has 0 fully saturated rings. The summed E-state index contributed by atoms with van der Waals surface area (Å²) in [7, 11) is 0. The Morgan fingerprint density at radius 2 is 1.96 bits per heavy atom. The van der Waals surface area contributed by atoms with Crippen LogP contribution in [0.1, 0.15) is 49.4 Å². The van der Waals surface area contributed by atoms with Gasteiger partial charge in [0.05, 0.1) is 11.3 Å². The Hall–Kier alpha value is -2.36. The first-order chi connectivity index (χ1) is 11.0. The number of hydrogen-bond donors (Lipinski definition) is 1. The van der Waals surface area contributed by atoms with E-state index in [2.05, 4.69) is 36.5 Å². The number of carbonyl (C=O) groups excluding carboxylic acids is 1. The standard InChI is InChI=1S/C19H20N2O2/c1-11-15-16(12-7-5-4-6-8-12)17-13(20-18(15)23-21-11)9-19(2,3)10-14(17)22/h4-8,16,20H,9-10H2,1-3H3/t16-/m1/s1. The molecule has 23 heavy (non-hydrogen) atoms. The van der Waals surface area contributed by atoms with Crippen molar-refractivity contribution >= 4 is 11.7 Å². The molecule has 1 aromatic heterocycles. The number of nitrogens with one attached hydrogen (secondary N) is 1. The van der Waals surface area contributed by atoms with Gasteiger partial charge >= 0.3 is 0 Å². The second kappa shape index (κ2) is 4.82. The van der Waals surface area contributed by atoms with Gasteiger partial charge in [0, 0.05) is 23.6 Å². The van der Waals surface area contributed by atoms with Crippen LogP contribution in [-0.2, 0) is 4.79 Å². The first-order valence-electron chi connectivity index (χ1n) is 8.01. The summed E-state index contributed by atoms with van der Waals surface area (Å²) in [6.07, 6.45) is 1.42. The summed E-state index contributed by atoms with van der Waals surface area (Å²) in [5, 5.41) is 7.45. The van der Waals surface area contributed by atoms with Crippen molar-refractivity contribution in [3.63, 3.8) is 0 Å². The highest BCUT2D eigenvalue weighted by molar-refractivity contribution is 6.01. The molecule has 0 bridgehead atoms. The number of anilines is 1. The number of benzene rings is 1. The lowest BCUT2D eigenvalue weighted by Gasteiger charge is -2.37. The number of aryl methyl sites for hydroxylation is 1. The Balaban J connectivity index is 1.94. The van der Waals surface area contributed by atoms with Gasteiger partial charge in [-0.25, -0.2) is 0 Å². The summed E-state index contributed by atoms with van der Waals surface area (Å²) < 4.78 is 5.48. The maximum atomic E-state index is 12.9. The van der Waals surface area contributed by atoms with Crippen LogP contribution in [0.15, 0.2) is 46.1 Å². The van der Waals surface area contributed by atoms with Gasteiger partial charge in [-0.05, 0) is 24.3 Å². The molecule has 0 unspecified atom stereocenters. The molecule has 0 saturated carbocycles. The molecule has 0 saturated heterocycles. The number of Topliss-reactive ketones (excluding diaryl/α,β-unsaturated/α-hetero) is 1. The molecule has 1 N–H and O–H groups in total. The van der Waals surface area contributed by atoms with Crippen LogP contribution in [0.5, 0.6) is 0 Å². The maximum absolute atomic E-state index is 12.9. The molecule has 4 rings (SSSR count). The predicted octanol–water partition coefficient (Wildman–Crippen LogP) is 4.18. The molecule has 1 atom stereocenters. The van der Waals surface area contributed by atoms with Crippen LogP contribution in [0.2, 0.25) is 0 Å². The molecule has 4 heteroatoms. The Morgan fingerprint density at radius 1 is 1.22 bits per heavy atom. The van der Waals surface area contributed by atoms with Crippen LogP contribution in [0.4, 0.5) is 5.88 Å². The van der Waals surface area contributed by atoms with Crippen molar-refractivity contribution in [2.75, 3.05) is 5.32 Å². The molecule has 2 aliphatic rings. The Bertz CT molecular complexity index is 815. The summed E-state index contributed by atoms with van der Waals surface area (Å²) in [5.74, 6) is 0.821. The lowest BCUT2D eigenvalue weighted by atomic mass is 9.69. The van der Waals surface area contributed by atoms with E-state index < -0.39 is 0 Å². The van der Waals surface area contributed by atoms with Crippen molar-refractivity contribution in [3.05, 3.63) is 58.4 Å². The Kier molecular flexibility index (Phi) is 2.98. The quantitative estimate of drug-likeness (QED) is 0.858. The Morgan fingerprint density at radius 3 is 2.70 bits per heavy atom. The number of carbonyl (C=O) groups is 1. The SMILES string of the molecule is Cc1noc2c1[C@@H](c1ccccc1)C1=C(CC(C)(C)CC1=O)N2. The van der Waals surface area contributed by atoms with Gasteiger partial charge < -0.3 is 9.84 Å². The van der Waals surface area contributed by atoms with Gasteiger partial charge in [0.15, 0.2) is 5.78 Å². The second-order valence-electron chi connectivity index (χ2n) is 7.31. The fourth-order valence-electron chi connectivity index (χ4n) is 3.85. The molecule has 1 aliphatic heterocycles. The third kappa shape index (κ3) is 2.21. The zero-order chi connectivity index (χ0) is 16.2. The van der Waals surface area contributed by atoms with Gasteiger partial charge in [-0.2, -0.15) is 0 Å². The molecule has 118 valence electrons. The van der Waals surface area contributed by atoms with Crippen molar-refractivity contribution in [3.8, 4) is 0 Å². The highest BCUT2D eigenvalue weighted by Crippen LogP contribution is 2.49. The lowest BCUT2D eigenvalue weighted by molar-refractivity contribution is -0.118. The predicted molar refractivity (Wildman–Crippen MR) is 88.2 cm³/mol. The van der Waals surface area contributed by atoms with Crippen LogP contribution in [0, 0.1) is 12.3 Å². The second-order valence-corrected chi connectivity index (χ2v) is 7.31. The highest BCUT2D eigenvalue weighted by Gasteiger charge is 2.42. The third-order valence-corrected chi connectivity index (χ3v) is 4.80. The minimum absolute atomic E-state index is 0.0310. The van der Waals surface area contributed by atoms with Gasteiger partial charge in [0.25, 0.3) is 0 Å². The number of fused-ring (bicyclic) bond motifs is 1. The van der Waals surface area contributed by atoms with Gasteiger partial charge in [0.1, 0.15) is 0 Å². The van der Waals surface area contributed by atoms with Crippen molar-refractivity contribution in [2.45, 2.75) is 39.5 Å². The van der Waals surface area contributed by atoms with Gasteiger partial charge in [-0.1, -0.05) is 49.3 Å². The topological polar surface area (TPSA) is 55.1 Å². The Labute approximate surface area is 135 Å². The normalized spacial score (nSPS) is 22.4. The molecule has 0 amide bonds. The summed E-state index contributed by atoms with van der Waals surface area (Å²) in [6.45, 7) is 6.20. The van der Waals surface area contributed by atoms with E-state index in [1.807, 2.05) is 25.1 Å². The smallest absolute Gasteiger partial charge is 0.233 e. The average molecular weight is 308 g/mol. The number of ketones is 1. The van der Waals surface area contributed by atoms with Crippen molar-refractivity contribution < 1.29 is 9.32 Å². The van der Waals surface area contributed by atoms with Crippen molar-refractivity contribution in [1.29, 1.82) is 0 Å². The average Bonchev–Trinajstić information content (AvgIpc) is 2.86. The molecule has 0 spiro atoms. The maximum Gasteiger partial charge on any atom is 0.233 e. The highest BCUT2D eigenvalue weighted by atomic mass is 16.5. The summed E-state index contributed by atoms with van der Waals surface area (Å²) in [4.78, 5) is 12.9. The first kappa shape index (κ1) is 14.2. The summed E-state index contributed by atoms with van der Waals surface area (Å²) in [5.41, 5.74) is 4.78. The monoisotopic (exact) mass is 308 g/mol. The minimum atomic E-state index is -0.0858. The fourth-order valence-corrected chi connectivity index (χ4v) is 3.85.